The highest BCUT2D eigenvalue weighted by Crippen LogP contribution is 2.28. The Kier molecular flexibility index (Phi) is 8.49. The van der Waals surface area contributed by atoms with E-state index in [0.717, 1.165) is 23.4 Å². The number of benzene rings is 2. The first-order valence-electron chi connectivity index (χ1n) is 9.59. The van der Waals surface area contributed by atoms with Gasteiger partial charge in [-0.25, -0.2) is 4.79 Å². The molecule has 0 aliphatic carbocycles. The van der Waals surface area contributed by atoms with Crippen LogP contribution < -0.4 is 20.1 Å². The van der Waals surface area contributed by atoms with E-state index in [4.69, 9.17) is 9.47 Å². The largest absolute Gasteiger partial charge is 0.493 e. The van der Waals surface area contributed by atoms with Crippen LogP contribution in [0, 0.1) is 0 Å². The zero-order valence-corrected chi connectivity index (χ0v) is 16.5. The molecule has 0 aliphatic heterocycles. The molecule has 0 aliphatic rings. The van der Waals surface area contributed by atoms with Gasteiger partial charge in [-0.05, 0) is 61.6 Å². The van der Waals surface area contributed by atoms with Gasteiger partial charge in [-0.15, -0.1) is 0 Å². The number of nitrogens with one attached hydrogen (secondary N) is 2. The second-order valence-corrected chi connectivity index (χ2v) is 6.35. The Morgan fingerprint density at radius 2 is 1.70 bits per heavy atom. The Morgan fingerprint density at radius 1 is 0.963 bits per heavy atom. The van der Waals surface area contributed by atoms with Crippen LogP contribution in [0.4, 0.5) is 10.5 Å². The van der Waals surface area contributed by atoms with Crippen molar-refractivity contribution in [1.82, 2.24) is 5.32 Å². The molecule has 0 bridgehead atoms. The average Bonchev–Trinajstić information content (AvgIpc) is 2.68. The molecule has 2 N–H and O–H groups in total. The van der Waals surface area contributed by atoms with Crippen molar-refractivity contribution >= 4 is 11.7 Å². The summed E-state index contributed by atoms with van der Waals surface area (Å²) in [6.45, 7) is 5.26. The maximum atomic E-state index is 12.1. The standard InChI is InChI=1S/C22H30N2O3/c1-4-6-7-17-8-11-19(12-9-17)24-22(25)23-15-14-18-10-13-20(27-5-2)21(16-18)26-3/h8-13,16H,4-7,14-15H2,1-3H3,(H2,23,24,25). The minimum absolute atomic E-state index is 0.200. The summed E-state index contributed by atoms with van der Waals surface area (Å²) in [7, 11) is 1.63. The topological polar surface area (TPSA) is 59.6 Å². The Labute approximate surface area is 162 Å². The second kappa shape index (κ2) is 11.1. The van der Waals surface area contributed by atoms with Crippen LogP contribution in [-0.2, 0) is 12.8 Å². The summed E-state index contributed by atoms with van der Waals surface area (Å²) in [4.78, 5) is 12.1. The van der Waals surface area contributed by atoms with Gasteiger partial charge >= 0.3 is 6.03 Å². The molecule has 0 atom stereocenters. The van der Waals surface area contributed by atoms with E-state index in [1.54, 1.807) is 7.11 Å². The summed E-state index contributed by atoms with van der Waals surface area (Å²) in [5.41, 5.74) is 3.18. The van der Waals surface area contributed by atoms with E-state index in [-0.39, 0.29) is 6.03 Å². The fourth-order valence-electron chi connectivity index (χ4n) is 2.77. The lowest BCUT2D eigenvalue weighted by molar-refractivity contribution is 0.252. The number of amides is 2. The summed E-state index contributed by atoms with van der Waals surface area (Å²) < 4.78 is 10.9. The number of hydrogen-bond donors (Lipinski definition) is 2. The van der Waals surface area contributed by atoms with Crippen LogP contribution in [0.15, 0.2) is 42.5 Å². The highest BCUT2D eigenvalue weighted by molar-refractivity contribution is 5.89. The number of aryl methyl sites for hydroxylation is 1. The number of carbonyl (C=O) groups is 1. The third kappa shape index (κ3) is 6.85. The molecule has 0 aromatic heterocycles. The molecule has 0 fully saturated rings. The van der Waals surface area contributed by atoms with Crippen molar-refractivity contribution in [1.29, 1.82) is 0 Å². The predicted octanol–water partition coefficient (Wildman–Crippen LogP) is 4.80. The first kappa shape index (κ1) is 20.6. The molecule has 5 heteroatoms. The Bertz CT molecular complexity index is 714. The van der Waals surface area contributed by atoms with Gasteiger partial charge in [0.15, 0.2) is 11.5 Å². The molecular weight excluding hydrogens is 340 g/mol. The molecule has 0 radical (unpaired) electrons. The van der Waals surface area contributed by atoms with Crippen LogP contribution in [0.3, 0.4) is 0 Å². The maximum absolute atomic E-state index is 12.1. The summed E-state index contributed by atoms with van der Waals surface area (Å²) in [6.07, 6.45) is 4.16. The molecule has 27 heavy (non-hydrogen) atoms. The normalized spacial score (nSPS) is 10.3. The molecule has 2 amide bonds. The van der Waals surface area contributed by atoms with Crippen molar-refractivity contribution < 1.29 is 14.3 Å². The van der Waals surface area contributed by atoms with Crippen LogP contribution in [0.5, 0.6) is 11.5 Å². The number of unbranched alkanes of at least 4 members (excludes halogenated alkanes) is 1. The van der Waals surface area contributed by atoms with E-state index >= 15 is 0 Å². The highest BCUT2D eigenvalue weighted by Gasteiger charge is 2.06. The van der Waals surface area contributed by atoms with Gasteiger partial charge in [0.05, 0.1) is 13.7 Å². The van der Waals surface area contributed by atoms with Crippen LogP contribution >= 0.6 is 0 Å². The molecule has 0 saturated carbocycles. The van der Waals surface area contributed by atoms with E-state index < -0.39 is 0 Å². The number of ether oxygens (including phenoxy) is 2. The molecular formula is C22H30N2O3. The van der Waals surface area contributed by atoms with E-state index in [9.17, 15) is 4.79 Å². The molecule has 2 aromatic carbocycles. The Morgan fingerprint density at radius 3 is 2.37 bits per heavy atom. The van der Waals surface area contributed by atoms with Crippen molar-refractivity contribution in [2.75, 3.05) is 25.6 Å². The van der Waals surface area contributed by atoms with Gasteiger partial charge in [-0.1, -0.05) is 31.5 Å². The fourth-order valence-corrected chi connectivity index (χ4v) is 2.77. The maximum Gasteiger partial charge on any atom is 0.319 e. The number of methoxy groups -OCH3 is 1. The molecule has 0 unspecified atom stereocenters. The molecule has 146 valence electrons. The van der Waals surface area contributed by atoms with E-state index in [1.807, 2.05) is 37.3 Å². The molecule has 0 spiro atoms. The number of carbonyl (C=O) groups excluding carboxylic acids is 1. The molecule has 2 rings (SSSR count). The molecule has 0 heterocycles. The van der Waals surface area contributed by atoms with Crippen molar-refractivity contribution in [2.45, 2.75) is 39.5 Å². The average molecular weight is 370 g/mol. The van der Waals surface area contributed by atoms with Crippen LogP contribution in [-0.4, -0.2) is 26.3 Å². The first-order valence-corrected chi connectivity index (χ1v) is 9.59. The van der Waals surface area contributed by atoms with Crippen LogP contribution in [0.2, 0.25) is 0 Å². The van der Waals surface area contributed by atoms with Gasteiger partial charge in [0.1, 0.15) is 0 Å². The van der Waals surface area contributed by atoms with Crippen LogP contribution in [0.1, 0.15) is 37.8 Å². The summed E-state index contributed by atoms with van der Waals surface area (Å²) in [5.74, 6) is 1.44. The van der Waals surface area contributed by atoms with E-state index in [0.29, 0.717) is 25.3 Å². The summed E-state index contributed by atoms with van der Waals surface area (Å²) >= 11 is 0. The molecule has 5 nitrogen and oxygen atoms in total. The third-order valence-electron chi connectivity index (χ3n) is 4.26. The van der Waals surface area contributed by atoms with Crippen molar-refractivity contribution in [3.05, 3.63) is 53.6 Å². The quantitative estimate of drug-likeness (QED) is 0.631. The second-order valence-electron chi connectivity index (χ2n) is 6.35. The van der Waals surface area contributed by atoms with Crippen molar-refractivity contribution in [3.8, 4) is 11.5 Å². The number of anilines is 1. The smallest absolute Gasteiger partial charge is 0.319 e. The first-order chi connectivity index (χ1) is 13.2. The van der Waals surface area contributed by atoms with Gasteiger partial charge in [0.2, 0.25) is 0 Å². The van der Waals surface area contributed by atoms with Gasteiger partial charge in [0, 0.05) is 12.2 Å². The minimum Gasteiger partial charge on any atom is -0.493 e. The lowest BCUT2D eigenvalue weighted by Gasteiger charge is -2.12. The number of urea groups is 1. The molecule has 2 aromatic rings. The molecule has 0 saturated heterocycles. The van der Waals surface area contributed by atoms with Crippen molar-refractivity contribution in [3.63, 3.8) is 0 Å². The monoisotopic (exact) mass is 370 g/mol. The zero-order chi connectivity index (χ0) is 19.5. The lowest BCUT2D eigenvalue weighted by Crippen LogP contribution is -2.30. The Hall–Kier alpha value is -2.69. The SMILES string of the molecule is CCCCc1ccc(NC(=O)NCCc2ccc(OCC)c(OC)c2)cc1. The third-order valence-corrected chi connectivity index (χ3v) is 4.26. The number of rotatable bonds is 10. The van der Waals surface area contributed by atoms with Crippen molar-refractivity contribution in [2.24, 2.45) is 0 Å². The van der Waals surface area contributed by atoms with E-state index in [2.05, 4.69) is 29.7 Å². The predicted molar refractivity (Wildman–Crippen MR) is 110 cm³/mol. The van der Waals surface area contributed by atoms with Gasteiger partial charge in [0.25, 0.3) is 0 Å². The van der Waals surface area contributed by atoms with Gasteiger partial charge in [-0.3, -0.25) is 0 Å². The van der Waals surface area contributed by atoms with Gasteiger partial charge in [-0.2, -0.15) is 0 Å². The summed E-state index contributed by atoms with van der Waals surface area (Å²) in [5, 5.41) is 5.75. The highest BCUT2D eigenvalue weighted by atomic mass is 16.5. The van der Waals surface area contributed by atoms with Gasteiger partial charge < -0.3 is 20.1 Å². The number of hydrogen-bond acceptors (Lipinski definition) is 3. The summed E-state index contributed by atoms with van der Waals surface area (Å²) in [6, 6.07) is 13.7. The van der Waals surface area contributed by atoms with E-state index in [1.165, 1.54) is 18.4 Å². The Balaban J connectivity index is 1.78. The van der Waals surface area contributed by atoms with Crippen LogP contribution in [0.25, 0.3) is 0 Å². The fraction of sp³-hybridized carbons (Fsp3) is 0.409. The zero-order valence-electron chi connectivity index (χ0n) is 16.5. The lowest BCUT2D eigenvalue weighted by atomic mass is 10.1. The minimum atomic E-state index is -0.200.